The lowest BCUT2D eigenvalue weighted by Gasteiger charge is -2.18. The van der Waals surface area contributed by atoms with Crippen LogP contribution in [0.15, 0.2) is 16.9 Å². The minimum Gasteiger partial charge on any atom is -0.444 e. The zero-order valence-corrected chi connectivity index (χ0v) is 12.6. The quantitative estimate of drug-likeness (QED) is 0.873. The summed E-state index contributed by atoms with van der Waals surface area (Å²) in [6, 6.07) is -0.0548. The zero-order valence-electron chi connectivity index (χ0n) is 12.6. The third-order valence-corrected chi connectivity index (χ3v) is 3.06. The van der Waals surface area contributed by atoms with Crippen LogP contribution in [0.3, 0.4) is 0 Å². The number of aryl methyl sites for hydroxylation is 1. The van der Waals surface area contributed by atoms with E-state index in [-0.39, 0.29) is 6.04 Å². The molecule has 2 N–H and O–H groups in total. The second-order valence-corrected chi connectivity index (χ2v) is 5.06. The maximum Gasteiger partial charge on any atom is 0.216 e. The Balaban J connectivity index is 2.29. The molecule has 0 aliphatic heterocycles. The average Bonchev–Trinajstić information content (AvgIpc) is 2.84. The minimum atomic E-state index is -0.0548. The lowest BCUT2D eigenvalue weighted by molar-refractivity contribution is 0.453. The zero-order chi connectivity index (χ0) is 14.7. The van der Waals surface area contributed by atoms with Crippen molar-refractivity contribution in [1.29, 1.82) is 0 Å². The van der Waals surface area contributed by atoms with Gasteiger partial charge in [-0.25, -0.2) is 15.0 Å². The number of nitrogens with one attached hydrogen (secondary N) is 2. The van der Waals surface area contributed by atoms with Crippen molar-refractivity contribution in [3.8, 4) is 0 Å². The number of nitrogens with zero attached hydrogens (tertiary/aromatic N) is 3. The van der Waals surface area contributed by atoms with Gasteiger partial charge in [-0.15, -0.1) is 0 Å². The predicted octanol–water partition coefficient (Wildman–Crippen LogP) is 3.11. The topological polar surface area (TPSA) is 75.9 Å². The Bertz CT molecular complexity index is 579. The van der Waals surface area contributed by atoms with Gasteiger partial charge in [0.05, 0.1) is 6.20 Å². The van der Waals surface area contributed by atoms with Crippen LogP contribution in [0, 0.1) is 6.92 Å². The number of oxazole rings is 1. The predicted molar refractivity (Wildman–Crippen MR) is 78.9 cm³/mol. The van der Waals surface area contributed by atoms with E-state index in [0.29, 0.717) is 11.8 Å². The first kappa shape index (κ1) is 14.3. The van der Waals surface area contributed by atoms with E-state index >= 15 is 0 Å². The minimum absolute atomic E-state index is 0.0548. The molecule has 0 aliphatic rings. The van der Waals surface area contributed by atoms with Gasteiger partial charge >= 0.3 is 0 Å². The van der Waals surface area contributed by atoms with Crippen LogP contribution in [0.4, 0.5) is 11.6 Å². The fourth-order valence-electron chi connectivity index (χ4n) is 2.10. The molecule has 20 heavy (non-hydrogen) atoms. The molecule has 2 aromatic heterocycles. The van der Waals surface area contributed by atoms with Gasteiger partial charge in [0.1, 0.15) is 29.8 Å². The summed E-state index contributed by atoms with van der Waals surface area (Å²) in [4.78, 5) is 12.9. The second-order valence-electron chi connectivity index (χ2n) is 5.06. The summed E-state index contributed by atoms with van der Waals surface area (Å²) in [6.07, 6.45) is 3.27. The van der Waals surface area contributed by atoms with E-state index < -0.39 is 0 Å². The summed E-state index contributed by atoms with van der Waals surface area (Å²) in [5.41, 5.74) is 1.06. The third-order valence-electron chi connectivity index (χ3n) is 3.06. The molecule has 1 unspecified atom stereocenters. The normalized spacial score (nSPS) is 12.5. The average molecular weight is 275 g/mol. The molecule has 0 aromatic carbocycles. The lowest BCUT2D eigenvalue weighted by Crippen LogP contribution is -2.13. The first-order chi connectivity index (χ1) is 9.52. The van der Waals surface area contributed by atoms with E-state index in [1.165, 1.54) is 0 Å². The van der Waals surface area contributed by atoms with Gasteiger partial charge in [0.25, 0.3) is 0 Å². The molecule has 2 rings (SSSR count). The smallest absolute Gasteiger partial charge is 0.216 e. The molecule has 2 heterocycles. The summed E-state index contributed by atoms with van der Waals surface area (Å²) in [5.74, 6) is 3.41. The number of aromatic nitrogens is 3. The van der Waals surface area contributed by atoms with Gasteiger partial charge in [-0.05, 0) is 19.8 Å². The fourth-order valence-corrected chi connectivity index (χ4v) is 2.10. The highest BCUT2D eigenvalue weighted by Crippen LogP contribution is 2.30. The first-order valence-corrected chi connectivity index (χ1v) is 6.74. The number of anilines is 2. The summed E-state index contributed by atoms with van der Waals surface area (Å²) < 4.78 is 5.54. The van der Waals surface area contributed by atoms with Crippen LogP contribution in [0.5, 0.6) is 0 Å². The highest BCUT2D eigenvalue weighted by atomic mass is 16.4. The Morgan fingerprint density at radius 1 is 1.10 bits per heavy atom. The van der Waals surface area contributed by atoms with Gasteiger partial charge in [-0.3, -0.25) is 0 Å². The maximum atomic E-state index is 5.54. The Morgan fingerprint density at radius 2 is 1.80 bits per heavy atom. The Labute approximate surface area is 119 Å². The monoisotopic (exact) mass is 275 g/mol. The summed E-state index contributed by atoms with van der Waals surface area (Å²) in [5, 5.41) is 6.45. The first-order valence-electron chi connectivity index (χ1n) is 6.74. The molecule has 108 valence electrons. The lowest BCUT2D eigenvalue weighted by atomic mass is 10.0. The molecule has 0 spiro atoms. The molecule has 0 bridgehead atoms. The highest BCUT2D eigenvalue weighted by molar-refractivity contribution is 5.59. The Hall–Kier alpha value is -2.11. The Morgan fingerprint density at radius 3 is 2.35 bits per heavy atom. The van der Waals surface area contributed by atoms with E-state index in [1.807, 2.05) is 20.9 Å². The number of rotatable bonds is 5. The molecule has 0 fully saturated rings. The van der Waals surface area contributed by atoms with Crippen molar-refractivity contribution in [1.82, 2.24) is 15.0 Å². The molecule has 0 saturated heterocycles. The molecular weight excluding hydrogens is 254 g/mol. The van der Waals surface area contributed by atoms with Gasteiger partial charge in [0, 0.05) is 12.6 Å². The van der Waals surface area contributed by atoms with Gasteiger partial charge in [-0.2, -0.15) is 0 Å². The molecule has 1 atom stereocenters. The second kappa shape index (κ2) is 5.90. The van der Waals surface area contributed by atoms with Crippen LogP contribution in [0.2, 0.25) is 0 Å². The van der Waals surface area contributed by atoms with Gasteiger partial charge < -0.3 is 15.1 Å². The van der Waals surface area contributed by atoms with E-state index in [1.54, 1.807) is 12.5 Å². The van der Waals surface area contributed by atoms with Crippen molar-refractivity contribution < 1.29 is 4.42 Å². The molecule has 6 heteroatoms. The molecule has 0 amide bonds. The molecular formula is C14H21N5O. The van der Waals surface area contributed by atoms with Crippen LogP contribution in [0.1, 0.15) is 49.9 Å². The van der Waals surface area contributed by atoms with Crippen molar-refractivity contribution >= 4 is 11.6 Å². The molecule has 0 aliphatic carbocycles. The van der Waals surface area contributed by atoms with Gasteiger partial charge in [0.15, 0.2) is 0 Å². The van der Waals surface area contributed by atoms with Crippen LogP contribution in [-0.2, 0) is 0 Å². The van der Waals surface area contributed by atoms with Crippen molar-refractivity contribution in [2.75, 3.05) is 17.7 Å². The summed E-state index contributed by atoms with van der Waals surface area (Å²) in [6.45, 7) is 8.11. The van der Waals surface area contributed by atoms with Crippen molar-refractivity contribution in [2.45, 2.75) is 39.7 Å². The van der Waals surface area contributed by atoms with E-state index in [4.69, 9.17) is 4.42 Å². The standard InChI is InChI=1S/C14H21N5O/c1-8(2)11-12(15-5)17-7-18-13(11)19-10(4)14-16-6-9(3)20-14/h6-8,10H,1-5H3,(H2,15,17,18,19). The van der Waals surface area contributed by atoms with E-state index in [0.717, 1.165) is 23.0 Å². The van der Waals surface area contributed by atoms with Crippen LogP contribution in [-0.4, -0.2) is 22.0 Å². The number of hydrogen-bond acceptors (Lipinski definition) is 6. The third kappa shape index (κ3) is 2.89. The fraction of sp³-hybridized carbons (Fsp3) is 0.500. The van der Waals surface area contributed by atoms with Crippen LogP contribution >= 0.6 is 0 Å². The molecule has 0 saturated carbocycles. The van der Waals surface area contributed by atoms with Crippen LogP contribution in [0.25, 0.3) is 0 Å². The van der Waals surface area contributed by atoms with E-state index in [2.05, 4.69) is 39.4 Å². The van der Waals surface area contributed by atoms with Crippen molar-refractivity contribution in [3.63, 3.8) is 0 Å². The van der Waals surface area contributed by atoms with Gasteiger partial charge in [-0.1, -0.05) is 13.8 Å². The maximum absolute atomic E-state index is 5.54. The summed E-state index contributed by atoms with van der Waals surface area (Å²) >= 11 is 0. The molecule has 0 radical (unpaired) electrons. The van der Waals surface area contributed by atoms with Crippen LogP contribution < -0.4 is 10.6 Å². The molecule has 6 nitrogen and oxygen atoms in total. The Kier molecular flexibility index (Phi) is 4.22. The SMILES string of the molecule is CNc1ncnc(NC(C)c2ncc(C)o2)c1C(C)C. The van der Waals surface area contributed by atoms with E-state index in [9.17, 15) is 0 Å². The number of hydrogen-bond donors (Lipinski definition) is 2. The molecule has 2 aromatic rings. The van der Waals surface area contributed by atoms with Crippen molar-refractivity contribution in [3.05, 3.63) is 29.7 Å². The van der Waals surface area contributed by atoms with Gasteiger partial charge in [0.2, 0.25) is 5.89 Å². The highest BCUT2D eigenvalue weighted by Gasteiger charge is 2.18. The summed E-state index contributed by atoms with van der Waals surface area (Å²) in [7, 11) is 1.86. The van der Waals surface area contributed by atoms with Crippen molar-refractivity contribution in [2.24, 2.45) is 0 Å². The largest absolute Gasteiger partial charge is 0.444 e.